The number of nitrogens with zero attached hydrogens (tertiary/aromatic N) is 1. The van der Waals surface area contributed by atoms with Crippen molar-refractivity contribution in [2.24, 2.45) is 0 Å². The number of hydrogen-bond acceptors (Lipinski definition) is 5. The van der Waals surface area contributed by atoms with E-state index in [-0.39, 0.29) is 12.5 Å². The summed E-state index contributed by atoms with van der Waals surface area (Å²) in [7, 11) is -0.928. The van der Waals surface area contributed by atoms with Crippen LogP contribution in [-0.4, -0.2) is 59.3 Å². The fraction of sp³-hybridized carbons (Fsp3) is 0.588. The Morgan fingerprint density at radius 3 is 2.60 bits per heavy atom. The van der Waals surface area contributed by atoms with Gasteiger partial charge in [0, 0.05) is 35.7 Å². The Kier molecular flexibility index (Phi) is 9.85. The summed E-state index contributed by atoms with van der Waals surface area (Å²) in [6.07, 6.45) is 0. The fourth-order valence-electron chi connectivity index (χ4n) is 2.22. The van der Waals surface area contributed by atoms with Gasteiger partial charge in [0.15, 0.2) is 0 Å². The molecule has 8 heteroatoms. The molecule has 142 valence electrons. The highest BCUT2D eigenvalue weighted by Gasteiger charge is 2.16. The first-order valence-electron chi connectivity index (χ1n) is 8.50. The van der Waals surface area contributed by atoms with Crippen molar-refractivity contribution < 1.29 is 13.7 Å². The van der Waals surface area contributed by atoms with E-state index in [0.717, 1.165) is 19.6 Å². The highest BCUT2D eigenvalue weighted by molar-refractivity contribution is 7.84. The molecule has 1 amide bonds. The lowest BCUT2D eigenvalue weighted by molar-refractivity contribution is 0.0945. The van der Waals surface area contributed by atoms with Gasteiger partial charge in [-0.25, -0.2) is 0 Å². The fourth-order valence-corrected chi connectivity index (χ4v) is 2.94. The SMILES string of the molecule is CCN(CC)CCNC(=O)c1cc(Cl)c(N)cc1OCCS(=O)CC. The summed E-state index contributed by atoms with van der Waals surface area (Å²) in [5.74, 6) is 1.07. The maximum atomic E-state index is 12.5. The molecule has 0 aliphatic rings. The third kappa shape index (κ3) is 7.22. The van der Waals surface area contributed by atoms with Crippen LogP contribution in [0.1, 0.15) is 31.1 Å². The second-order valence-corrected chi connectivity index (χ2v) is 7.71. The molecule has 1 aromatic rings. The summed E-state index contributed by atoms with van der Waals surface area (Å²) >= 11 is 6.05. The van der Waals surface area contributed by atoms with Crippen LogP contribution in [0.4, 0.5) is 5.69 Å². The third-order valence-electron chi connectivity index (χ3n) is 3.84. The molecule has 1 unspecified atom stereocenters. The minimum absolute atomic E-state index is 0.251. The first-order chi connectivity index (χ1) is 11.9. The molecule has 0 saturated carbocycles. The van der Waals surface area contributed by atoms with Gasteiger partial charge in [0.05, 0.1) is 28.6 Å². The summed E-state index contributed by atoms with van der Waals surface area (Å²) < 4.78 is 17.1. The van der Waals surface area contributed by atoms with E-state index in [9.17, 15) is 9.00 Å². The van der Waals surface area contributed by atoms with Gasteiger partial charge in [-0.05, 0) is 19.2 Å². The van der Waals surface area contributed by atoms with Crippen LogP contribution in [0.15, 0.2) is 12.1 Å². The molecule has 25 heavy (non-hydrogen) atoms. The molecule has 6 nitrogen and oxygen atoms in total. The second kappa shape index (κ2) is 11.3. The average molecular weight is 390 g/mol. The van der Waals surface area contributed by atoms with Crippen LogP contribution in [0.3, 0.4) is 0 Å². The molecule has 1 atom stereocenters. The van der Waals surface area contributed by atoms with Crippen molar-refractivity contribution in [2.75, 3.05) is 50.0 Å². The lowest BCUT2D eigenvalue weighted by Crippen LogP contribution is -2.35. The topological polar surface area (TPSA) is 84.7 Å². The molecular weight excluding hydrogens is 362 g/mol. The summed E-state index contributed by atoms with van der Waals surface area (Å²) in [5, 5.41) is 3.18. The van der Waals surface area contributed by atoms with Gasteiger partial charge in [-0.3, -0.25) is 9.00 Å². The summed E-state index contributed by atoms with van der Waals surface area (Å²) in [6.45, 7) is 9.43. The lowest BCUT2D eigenvalue weighted by atomic mass is 10.1. The van der Waals surface area contributed by atoms with E-state index >= 15 is 0 Å². The van der Waals surface area contributed by atoms with E-state index in [0.29, 0.717) is 40.1 Å². The number of ether oxygens (including phenoxy) is 1. The van der Waals surface area contributed by atoms with Crippen LogP contribution >= 0.6 is 11.6 Å². The zero-order valence-corrected chi connectivity index (χ0v) is 16.7. The van der Waals surface area contributed by atoms with Gasteiger partial charge in [0.1, 0.15) is 5.75 Å². The van der Waals surface area contributed by atoms with Crippen molar-refractivity contribution in [2.45, 2.75) is 20.8 Å². The van der Waals surface area contributed by atoms with Crippen LogP contribution in [0.5, 0.6) is 5.75 Å². The van der Waals surface area contributed by atoms with Crippen LogP contribution in [0.25, 0.3) is 0 Å². The molecule has 0 aliphatic heterocycles. The number of nitrogens with one attached hydrogen (secondary N) is 1. The molecule has 0 spiro atoms. The molecule has 3 N–H and O–H groups in total. The number of nitrogen functional groups attached to an aromatic ring is 1. The smallest absolute Gasteiger partial charge is 0.255 e. The van der Waals surface area contributed by atoms with Crippen molar-refractivity contribution >= 4 is 34.0 Å². The Morgan fingerprint density at radius 1 is 1.32 bits per heavy atom. The molecule has 1 rings (SSSR count). The number of halogens is 1. The van der Waals surface area contributed by atoms with Gasteiger partial charge < -0.3 is 20.7 Å². The van der Waals surface area contributed by atoms with Gasteiger partial charge in [-0.1, -0.05) is 32.4 Å². The van der Waals surface area contributed by atoms with E-state index in [1.807, 2.05) is 6.92 Å². The summed E-state index contributed by atoms with van der Waals surface area (Å²) in [4.78, 5) is 14.7. The van der Waals surface area contributed by atoms with E-state index in [2.05, 4.69) is 24.1 Å². The van der Waals surface area contributed by atoms with E-state index in [4.69, 9.17) is 22.1 Å². The predicted octanol–water partition coefficient (Wildman–Crippen LogP) is 2.14. The molecule has 1 aromatic carbocycles. The van der Waals surface area contributed by atoms with Crippen molar-refractivity contribution in [1.82, 2.24) is 10.2 Å². The Morgan fingerprint density at radius 2 is 2.00 bits per heavy atom. The Labute approximate surface area is 157 Å². The standard InChI is InChI=1S/C17H28ClN3O3S/c1-4-21(5-2)8-7-20-17(22)13-11-14(18)15(19)12-16(13)24-9-10-25(23)6-3/h11-12H,4-10,19H2,1-3H3,(H,20,22). The molecule has 0 radical (unpaired) electrons. The number of amides is 1. The first kappa shape index (κ1) is 21.7. The number of nitrogens with two attached hydrogens (primary N) is 1. The maximum Gasteiger partial charge on any atom is 0.255 e. The zero-order chi connectivity index (χ0) is 18.8. The maximum absolute atomic E-state index is 12.5. The average Bonchev–Trinajstić information content (AvgIpc) is 2.61. The van der Waals surface area contributed by atoms with Gasteiger partial charge in [-0.2, -0.15) is 0 Å². The number of likely N-dealkylation sites (N-methyl/N-ethyl adjacent to an activating group) is 1. The summed E-state index contributed by atoms with van der Waals surface area (Å²) in [6, 6.07) is 3.05. The summed E-state index contributed by atoms with van der Waals surface area (Å²) in [5.41, 5.74) is 6.49. The molecule has 0 aliphatic carbocycles. The van der Waals surface area contributed by atoms with Gasteiger partial charge >= 0.3 is 0 Å². The Balaban J connectivity index is 2.76. The molecule has 0 fully saturated rings. The molecule has 0 saturated heterocycles. The van der Waals surface area contributed by atoms with E-state index in [1.165, 1.54) is 12.1 Å². The highest BCUT2D eigenvalue weighted by atomic mass is 35.5. The highest BCUT2D eigenvalue weighted by Crippen LogP contribution is 2.29. The molecule has 0 bridgehead atoms. The number of carbonyl (C=O) groups is 1. The second-order valence-electron chi connectivity index (χ2n) is 5.43. The van der Waals surface area contributed by atoms with E-state index < -0.39 is 10.8 Å². The van der Waals surface area contributed by atoms with Crippen molar-refractivity contribution in [3.63, 3.8) is 0 Å². The lowest BCUT2D eigenvalue weighted by Gasteiger charge is -2.18. The van der Waals surface area contributed by atoms with E-state index in [1.54, 1.807) is 0 Å². The molecule has 0 heterocycles. The Bertz CT molecular complexity index is 595. The number of anilines is 1. The van der Waals surface area contributed by atoms with Crippen LogP contribution in [-0.2, 0) is 10.8 Å². The number of hydrogen-bond donors (Lipinski definition) is 2. The van der Waals surface area contributed by atoms with Crippen LogP contribution in [0, 0.1) is 0 Å². The first-order valence-corrected chi connectivity index (χ1v) is 10.4. The number of benzene rings is 1. The van der Waals surface area contributed by atoms with Crippen LogP contribution in [0.2, 0.25) is 5.02 Å². The Hall–Kier alpha value is -1.31. The van der Waals surface area contributed by atoms with Crippen molar-refractivity contribution in [1.29, 1.82) is 0 Å². The zero-order valence-electron chi connectivity index (χ0n) is 15.1. The van der Waals surface area contributed by atoms with Crippen LogP contribution < -0.4 is 15.8 Å². The molecular formula is C17H28ClN3O3S. The van der Waals surface area contributed by atoms with Crippen molar-refractivity contribution in [3.05, 3.63) is 22.7 Å². The van der Waals surface area contributed by atoms with Gasteiger partial charge in [0.2, 0.25) is 0 Å². The van der Waals surface area contributed by atoms with Gasteiger partial charge in [-0.15, -0.1) is 0 Å². The molecule has 0 aromatic heterocycles. The normalized spacial score (nSPS) is 12.2. The van der Waals surface area contributed by atoms with Gasteiger partial charge in [0.25, 0.3) is 5.91 Å². The number of carbonyl (C=O) groups excluding carboxylic acids is 1. The number of rotatable bonds is 11. The minimum Gasteiger partial charge on any atom is -0.492 e. The third-order valence-corrected chi connectivity index (χ3v) is 5.44. The minimum atomic E-state index is -0.928. The quantitative estimate of drug-likeness (QED) is 0.566. The monoisotopic (exact) mass is 389 g/mol. The predicted molar refractivity (Wildman–Crippen MR) is 105 cm³/mol. The largest absolute Gasteiger partial charge is 0.492 e. The van der Waals surface area contributed by atoms with Crippen molar-refractivity contribution in [3.8, 4) is 5.75 Å².